The van der Waals surface area contributed by atoms with Crippen molar-refractivity contribution >= 4 is 45.5 Å². The standard InChI is InChI=1S/C37H46FN5O9S/c1-6-24-17-37(24,34(47)41-53(49,50)28-13-14-28)40-31(44)29-16-27(52-35(48)42-18-22-7-10-25(38)15-23(22)19-42)20-43(29)32(45)30(36(2,3)4)39-26-11-8-21(9-12-26)33(46)51-5/h7-12,15,24,27-30,39H,6,13-14,16-20H2,1-5H3,(H,40,44)(H,41,47)/t24-,27-,29+,30-,37-/m1/s1. The number of nitrogens with one attached hydrogen (secondary N) is 3. The molecule has 4 aliphatic rings. The van der Waals surface area contributed by atoms with Crippen molar-refractivity contribution in [3.8, 4) is 0 Å². The maximum absolute atomic E-state index is 14.6. The number of carbonyl (C=O) groups is 5. The molecule has 5 atom stereocenters. The molecular weight excluding hydrogens is 709 g/mol. The summed E-state index contributed by atoms with van der Waals surface area (Å²) >= 11 is 0. The number of likely N-dealkylation sites (tertiary alicyclic amines) is 1. The molecule has 2 aromatic rings. The summed E-state index contributed by atoms with van der Waals surface area (Å²) in [6.07, 6.45) is -0.0522. The maximum Gasteiger partial charge on any atom is 0.410 e. The summed E-state index contributed by atoms with van der Waals surface area (Å²) in [5.74, 6) is -3.22. The van der Waals surface area contributed by atoms with Crippen molar-refractivity contribution in [3.05, 3.63) is 65.0 Å². The van der Waals surface area contributed by atoms with Gasteiger partial charge in [-0.15, -0.1) is 0 Å². The van der Waals surface area contributed by atoms with Gasteiger partial charge in [0.15, 0.2) is 0 Å². The van der Waals surface area contributed by atoms with Crippen LogP contribution in [0.1, 0.15) is 81.3 Å². The van der Waals surface area contributed by atoms with Gasteiger partial charge in [-0.25, -0.2) is 22.4 Å². The van der Waals surface area contributed by atoms with Crippen molar-refractivity contribution in [1.82, 2.24) is 19.8 Å². The van der Waals surface area contributed by atoms with E-state index >= 15 is 0 Å². The molecule has 16 heteroatoms. The second-order valence-corrected chi connectivity index (χ2v) is 17.4. The van der Waals surface area contributed by atoms with E-state index in [9.17, 15) is 36.8 Å². The number of nitrogens with zero attached hydrogens (tertiary/aromatic N) is 2. The lowest BCUT2D eigenvalue weighted by Gasteiger charge is -2.36. The van der Waals surface area contributed by atoms with Crippen LogP contribution < -0.4 is 15.4 Å². The van der Waals surface area contributed by atoms with Crippen LogP contribution >= 0.6 is 0 Å². The third-order valence-corrected chi connectivity index (χ3v) is 12.4. The molecule has 2 aromatic carbocycles. The van der Waals surface area contributed by atoms with Gasteiger partial charge in [-0.1, -0.05) is 40.2 Å². The van der Waals surface area contributed by atoms with E-state index in [1.165, 1.54) is 29.0 Å². The fourth-order valence-corrected chi connectivity index (χ4v) is 8.55. The highest BCUT2D eigenvalue weighted by Gasteiger charge is 2.62. The van der Waals surface area contributed by atoms with Crippen molar-refractivity contribution in [1.29, 1.82) is 0 Å². The van der Waals surface area contributed by atoms with Crippen LogP contribution in [0.25, 0.3) is 0 Å². The molecular formula is C37H46FN5O9S. The van der Waals surface area contributed by atoms with Crippen LogP contribution in [0.15, 0.2) is 42.5 Å². The fraction of sp³-hybridized carbons (Fsp3) is 0.541. The van der Waals surface area contributed by atoms with Crippen molar-refractivity contribution in [2.75, 3.05) is 19.0 Å². The van der Waals surface area contributed by atoms with Crippen LogP contribution in [-0.2, 0) is 47.0 Å². The molecule has 2 heterocycles. The van der Waals surface area contributed by atoms with E-state index < -0.39 is 80.0 Å². The van der Waals surface area contributed by atoms with Crippen molar-refractivity contribution in [2.24, 2.45) is 11.3 Å². The summed E-state index contributed by atoms with van der Waals surface area (Å²) in [7, 11) is -2.62. The summed E-state index contributed by atoms with van der Waals surface area (Å²) in [6, 6.07) is 8.58. The fourth-order valence-electron chi connectivity index (χ4n) is 7.18. The minimum absolute atomic E-state index is 0.0850. The Morgan fingerprint density at radius 1 is 1.02 bits per heavy atom. The molecule has 0 spiro atoms. The monoisotopic (exact) mass is 755 g/mol. The topological polar surface area (TPSA) is 181 Å². The minimum atomic E-state index is -3.89. The van der Waals surface area contributed by atoms with E-state index in [0.29, 0.717) is 36.1 Å². The van der Waals surface area contributed by atoms with E-state index in [2.05, 4.69) is 15.4 Å². The molecule has 286 valence electrons. The molecule has 1 saturated heterocycles. The number of hydrogen-bond acceptors (Lipinski definition) is 10. The summed E-state index contributed by atoms with van der Waals surface area (Å²) in [4.78, 5) is 70.4. The molecule has 3 N–H and O–H groups in total. The van der Waals surface area contributed by atoms with Crippen molar-refractivity contribution < 1.29 is 46.3 Å². The number of benzene rings is 2. The Bertz CT molecular complexity index is 1910. The Morgan fingerprint density at radius 3 is 2.30 bits per heavy atom. The number of halogens is 1. The Balaban J connectivity index is 1.24. The minimum Gasteiger partial charge on any atom is -0.465 e. The summed E-state index contributed by atoms with van der Waals surface area (Å²) in [5, 5.41) is 5.41. The van der Waals surface area contributed by atoms with Gasteiger partial charge in [0.2, 0.25) is 21.8 Å². The Labute approximate surface area is 308 Å². The van der Waals surface area contributed by atoms with E-state index in [1.54, 1.807) is 30.3 Å². The van der Waals surface area contributed by atoms with Crippen LogP contribution in [0.2, 0.25) is 0 Å². The van der Waals surface area contributed by atoms with Gasteiger partial charge in [-0.3, -0.25) is 24.0 Å². The third kappa shape index (κ3) is 7.97. The summed E-state index contributed by atoms with van der Waals surface area (Å²) < 4.78 is 52.1. The number of hydrogen-bond donors (Lipinski definition) is 3. The Hall–Kier alpha value is -4.73. The molecule has 0 aromatic heterocycles. The smallest absolute Gasteiger partial charge is 0.410 e. The highest BCUT2D eigenvalue weighted by molar-refractivity contribution is 7.91. The number of methoxy groups -OCH3 is 1. The zero-order valence-electron chi connectivity index (χ0n) is 30.4. The van der Waals surface area contributed by atoms with Crippen LogP contribution in [0.5, 0.6) is 0 Å². The molecule has 6 rings (SSSR count). The molecule has 0 bridgehead atoms. The van der Waals surface area contributed by atoms with Crippen LogP contribution in [0, 0.1) is 17.2 Å². The SMILES string of the molecule is CC[C@@H]1C[C@]1(NC(=O)[C@@H]1C[C@@H](OC(=O)N2Cc3ccc(F)cc3C2)CN1C(=O)[C@@H](Nc1ccc(C(=O)OC)cc1)C(C)(C)C)C(=O)NS(=O)(=O)C1CC1. The van der Waals surface area contributed by atoms with Gasteiger partial charge in [0, 0.05) is 25.2 Å². The number of amides is 4. The van der Waals surface area contributed by atoms with Gasteiger partial charge in [0.05, 0.1) is 24.5 Å². The molecule has 2 saturated carbocycles. The number of esters is 1. The molecule has 14 nitrogen and oxygen atoms in total. The number of carbonyl (C=O) groups excluding carboxylic acids is 5. The van der Waals surface area contributed by atoms with E-state index in [1.807, 2.05) is 27.7 Å². The lowest BCUT2D eigenvalue weighted by atomic mass is 9.85. The molecule has 3 fully saturated rings. The quantitative estimate of drug-likeness (QED) is 0.288. The predicted octanol–water partition coefficient (Wildman–Crippen LogP) is 3.45. The lowest BCUT2D eigenvalue weighted by Crippen LogP contribution is -2.58. The third-order valence-electron chi connectivity index (χ3n) is 10.5. The number of ether oxygens (including phenoxy) is 2. The highest BCUT2D eigenvalue weighted by atomic mass is 32.2. The predicted molar refractivity (Wildman–Crippen MR) is 190 cm³/mol. The van der Waals surface area contributed by atoms with Gasteiger partial charge in [0.25, 0.3) is 5.91 Å². The van der Waals surface area contributed by atoms with Gasteiger partial charge >= 0.3 is 12.1 Å². The molecule has 0 radical (unpaired) electrons. The number of fused-ring (bicyclic) bond motifs is 1. The van der Waals surface area contributed by atoms with Gasteiger partial charge in [0.1, 0.15) is 29.5 Å². The summed E-state index contributed by atoms with van der Waals surface area (Å²) in [6.45, 7) is 7.57. The first kappa shape index (κ1) is 38.0. The van der Waals surface area contributed by atoms with Crippen LogP contribution in [0.4, 0.5) is 14.9 Å². The number of anilines is 1. The first-order chi connectivity index (χ1) is 24.9. The average molecular weight is 756 g/mol. The van der Waals surface area contributed by atoms with Gasteiger partial charge < -0.3 is 25.0 Å². The van der Waals surface area contributed by atoms with E-state index in [-0.39, 0.29) is 38.4 Å². The molecule has 53 heavy (non-hydrogen) atoms. The zero-order chi connectivity index (χ0) is 38.5. The highest BCUT2D eigenvalue weighted by Crippen LogP contribution is 2.47. The molecule has 2 aliphatic carbocycles. The van der Waals surface area contributed by atoms with Crippen molar-refractivity contribution in [3.63, 3.8) is 0 Å². The van der Waals surface area contributed by atoms with Gasteiger partial charge in [-0.2, -0.15) is 0 Å². The lowest BCUT2D eigenvalue weighted by molar-refractivity contribution is -0.141. The second-order valence-electron chi connectivity index (χ2n) is 15.5. The molecule has 2 aliphatic heterocycles. The Morgan fingerprint density at radius 2 is 1.70 bits per heavy atom. The first-order valence-corrected chi connectivity index (χ1v) is 19.4. The summed E-state index contributed by atoms with van der Waals surface area (Å²) in [5.41, 5.74) is 0.0874. The zero-order valence-corrected chi connectivity index (χ0v) is 31.3. The maximum atomic E-state index is 14.6. The first-order valence-electron chi connectivity index (χ1n) is 17.8. The number of sulfonamides is 1. The number of rotatable bonds is 11. The van der Waals surface area contributed by atoms with Crippen LogP contribution in [-0.4, -0.2) is 90.6 Å². The van der Waals surface area contributed by atoms with Crippen molar-refractivity contribution in [2.45, 2.75) is 102 Å². The normalized spacial score (nSPS) is 24.2. The second kappa shape index (κ2) is 14.3. The van der Waals surface area contributed by atoms with Gasteiger partial charge in [-0.05, 0) is 78.1 Å². The molecule has 4 amide bonds. The largest absolute Gasteiger partial charge is 0.465 e. The molecule has 0 unspecified atom stereocenters. The van der Waals surface area contributed by atoms with E-state index in [4.69, 9.17) is 9.47 Å². The van der Waals surface area contributed by atoms with E-state index in [0.717, 1.165) is 5.56 Å². The Kier molecular flexibility index (Phi) is 10.2. The van der Waals surface area contributed by atoms with Crippen LogP contribution in [0.3, 0.4) is 0 Å². The average Bonchev–Trinajstić information content (AvgIpc) is 4.00.